The minimum Gasteiger partial charge on any atom is -0.362 e. The predicted octanol–water partition coefficient (Wildman–Crippen LogP) is 5.83. The number of Topliss-reactive ketones (excluding diaryl/α,β-unsaturated/α-hetero) is 1. The van der Waals surface area contributed by atoms with Crippen LogP contribution in [0.5, 0.6) is 0 Å². The lowest BCUT2D eigenvalue weighted by atomic mass is 9.68. The average molecular weight is 483 g/mol. The third kappa shape index (κ3) is 4.22. The van der Waals surface area contributed by atoms with Crippen LogP contribution in [0, 0.1) is 11.2 Å². The zero-order chi connectivity index (χ0) is 22.3. The van der Waals surface area contributed by atoms with E-state index in [9.17, 15) is 14.0 Å². The molecule has 1 aliphatic heterocycles. The van der Waals surface area contributed by atoms with Gasteiger partial charge in [0.05, 0.1) is 5.69 Å². The molecule has 0 spiro atoms. The molecule has 2 aliphatic rings. The highest BCUT2D eigenvalue weighted by Gasteiger charge is 2.42. The van der Waals surface area contributed by atoms with Crippen molar-refractivity contribution < 1.29 is 14.0 Å². The van der Waals surface area contributed by atoms with Crippen LogP contribution in [-0.2, 0) is 9.59 Å². The van der Waals surface area contributed by atoms with E-state index in [2.05, 4.69) is 40.4 Å². The van der Waals surface area contributed by atoms with E-state index in [1.165, 1.54) is 12.1 Å². The van der Waals surface area contributed by atoms with E-state index in [0.29, 0.717) is 23.3 Å². The molecule has 4 rings (SSSR count). The number of halogens is 2. The van der Waals surface area contributed by atoms with Crippen LogP contribution < -0.4 is 10.6 Å². The molecule has 0 saturated heterocycles. The van der Waals surface area contributed by atoms with Crippen LogP contribution in [0.25, 0.3) is 0 Å². The Morgan fingerprint density at radius 1 is 1.16 bits per heavy atom. The van der Waals surface area contributed by atoms with Gasteiger partial charge in [-0.15, -0.1) is 0 Å². The summed E-state index contributed by atoms with van der Waals surface area (Å²) in [6.07, 6.45) is 1.14. The summed E-state index contributed by atoms with van der Waals surface area (Å²) in [5.41, 5.74) is 3.38. The lowest BCUT2D eigenvalue weighted by Crippen LogP contribution is -2.39. The molecule has 6 heteroatoms. The lowest BCUT2D eigenvalue weighted by Gasteiger charge is -2.39. The van der Waals surface area contributed by atoms with Gasteiger partial charge in [0.1, 0.15) is 5.82 Å². The number of carbonyl (C=O) groups is 2. The van der Waals surface area contributed by atoms with Crippen molar-refractivity contribution in [3.63, 3.8) is 0 Å². The fourth-order valence-corrected chi connectivity index (χ4v) is 4.93. The van der Waals surface area contributed by atoms with Crippen LogP contribution in [-0.4, -0.2) is 11.7 Å². The SMILES string of the molecule is CC1=C(C(=O)Nc2ccccc2F)C(c2cccc(Br)c2)C2=C(CC(C)(C)CC2=O)N1. The largest absolute Gasteiger partial charge is 0.362 e. The summed E-state index contributed by atoms with van der Waals surface area (Å²) in [5, 5.41) is 6.02. The number of rotatable bonds is 3. The third-order valence-corrected chi connectivity index (χ3v) is 6.28. The summed E-state index contributed by atoms with van der Waals surface area (Å²) in [6, 6.07) is 13.7. The maximum atomic E-state index is 14.2. The first kappa shape index (κ1) is 21.5. The van der Waals surface area contributed by atoms with Crippen molar-refractivity contribution in [3.05, 3.63) is 86.9 Å². The van der Waals surface area contributed by atoms with E-state index in [-0.39, 0.29) is 16.9 Å². The van der Waals surface area contributed by atoms with Gasteiger partial charge in [0.15, 0.2) is 5.78 Å². The van der Waals surface area contributed by atoms with Crippen molar-refractivity contribution in [3.8, 4) is 0 Å². The molecular formula is C25H24BrFN2O2. The second kappa shape index (κ2) is 8.08. The molecule has 0 saturated carbocycles. The normalized spacial score (nSPS) is 20.3. The molecule has 0 fully saturated rings. The first-order chi connectivity index (χ1) is 14.7. The molecule has 4 nitrogen and oxygen atoms in total. The van der Waals surface area contributed by atoms with Gasteiger partial charge in [-0.2, -0.15) is 0 Å². The highest BCUT2D eigenvalue weighted by molar-refractivity contribution is 9.10. The second-order valence-corrected chi connectivity index (χ2v) is 9.83. The number of allylic oxidation sites excluding steroid dienone is 3. The number of hydrogen-bond donors (Lipinski definition) is 2. The maximum Gasteiger partial charge on any atom is 0.254 e. The van der Waals surface area contributed by atoms with E-state index in [4.69, 9.17) is 0 Å². The summed E-state index contributed by atoms with van der Waals surface area (Å²) < 4.78 is 15.0. The topological polar surface area (TPSA) is 58.2 Å². The Balaban J connectivity index is 1.83. The Morgan fingerprint density at radius 3 is 2.61 bits per heavy atom. The first-order valence-corrected chi connectivity index (χ1v) is 11.0. The number of hydrogen-bond acceptors (Lipinski definition) is 3. The van der Waals surface area contributed by atoms with Gasteiger partial charge in [0, 0.05) is 39.4 Å². The van der Waals surface area contributed by atoms with Gasteiger partial charge in [0.2, 0.25) is 0 Å². The van der Waals surface area contributed by atoms with Crippen LogP contribution in [0.15, 0.2) is 75.5 Å². The highest BCUT2D eigenvalue weighted by Crippen LogP contribution is 2.47. The summed E-state index contributed by atoms with van der Waals surface area (Å²) in [4.78, 5) is 26.7. The van der Waals surface area contributed by atoms with E-state index in [1.807, 2.05) is 31.2 Å². The molecule has 1 amide bonds. The minimum absolute atomic E-state index is 0.0346. The standard InChI is InChI=1S/C25H24BrFN2O2/c1-14-21(24(31)29-18-10-5-4-9-17(18)27)22(15-7-6-8-16(26)11-15)23-19(28-14)12-25(2,3)13-20(23)30/h4-11,22,28H,12-13H2,1-3H3,(H,29,31). The first-order valence-electron chi connectivity index (χ1n) is 10.2. The van der Waals surface area contributed by atoms with Gasteiger partial charge in [-0.3, -0.25) is 9.59 Å². The van der Waals surface area contributed by atoms with Gasteiger partial charge < -0.3 is 10.6 Å². The molecule has 160 valence electrons. The number of para-hydroxylation sites is 1. The highest BCUT2D eigenvalue weighted by atomic mass is 79.9. The quantitative estimate of drug-likeness (QED) is 0.578. The number of benzene rings is 2. The number of nitrogens with one attached hydrogen (secondary N) is 2. The number of amides is 1. The maximum absolute atomic E-state index is 14.2. The van der Waals surface area contributed by atoms with Crippen LogP contribution in [0.2, 0.25) is 0 Å². The van der Waals surface area contributed by atoms with E-state index < -0.39 is 17.6 Å². The van der Waals surface area contributed by atoms with E-state index in [1.54, 1.807) is 12.1 Å². The molecule has 1 atom stereocenters. The van der Waals surface area contributed by atoms with Crippen LogP contribution in [0.4, 0.5) is 10.1 Å². The zero-order valence-electron chi connectivity index (χ0n) is 17.7. The van der Waals surface area contributed by atoms with Crippen LogP contribution in [0.3, 0.4) is 0 Å². The summed E-state index contributed by atoms with van der Waals surface area (Å²) in [7, 11) is 0. The number of carbonyl (C=O) groups excluding carboxylic acids is 2. The molecular weight excluding hydrogens is 459 g/mol. The van der Waals surface area contributed by atoms with Crippen LogP contribution >= 0.6 is 15.9 Å². The van der Waals surface area contributed by atoms with E-state index >= 15 is 0 Å². The Kier molecular flexibility index (Phi) is 5.60. The monoisotopic (exact) mass is 482 g/mol. The molecule has 0 radical (unpaired) electrons. The summed E-state index contributed by atoms with van der Waals surface area (Å²) in [6.45, 7) is 5.98. The second-order valence-electron chi connectivity index (χ2n) is 8.92. The lowest BCUT2D eigenvalue weighted by molar-refractivity contribution is -0.118. The average Bonchev–Trinajstić information content (AvgIpc) is 2.67. The molecule has 0 bridgehead atoms. The molecule has 0 aromatic heterocycles. The Morgan fingerprint density at radius 2 is 1.90 bits per heavy atom. The minimum atomic E-state index is -0.524. The van der Waals surface area contributed by atoms with Gasteiger partial charge >= 0.3 is 0 Å². The van der Waals surface area contributed by atoms with Gasteiger partial charge in [-0.25, -0.2) is 4.39 Å². The number of ketones is 1. The van der Waals surface area contributed by atoms with Gasteiger partial charge in [0.25, 0.3) is 5.91 Å². The zero-order valence-corrected chi connectivity index (χ0v) is 19.3. The molecule has 1 aliphatic carbocycles. The smallest absolute Gasteiger partial charge is 0.254 e. The van der Waals surface area contributed by atoms with Gasteiger partial charge in [-0.05, 0) is 48.6 Å². The van der Waals surface area contributed by atoms with Gasteiger partial charge in [-0.1, -0.05) is 54.0 Å². The Labute approximate surface area is 189 Å². The van der Waals surface area contributed by atoms with Crippen molar-refractivity contribution in [2.75, 3.05) is 5.32 Å². The predicted molar refractivity (Wildman–Crippen MR) is 123 cm³/mol. The van der Waals surface area contributed by atoms with Crippen molar-refractivity contribution in [1.29, 1.82) is 0 Å². The molecule has 2 aromatic carbocycles. The molecule has 2 N–H and O–H groups in total. The fourth-order valence-electron chi connectivity index (χ4n) is 4.51. The Hall–Kier alpha value is -2.73. The summed E-state index contributed by atoms with van der Waals surface area (Å²) >= 11 is 3.50. The van der Waals surface area contributed by atoms with Crippen molar-refractivity contribution in [1.82, 2.24) is 5.32 Å². The van der Waals surface area contributed by atoms with Crippen molar-refractivity contribution in [2.45, 2.75) is 39.5 Å². The van der Waals surface area contributed by atoms with Crippen molar-refractivity contribution in [2.24, 2.45) is 5.41 Å². The molecule has 1 heterocycles. The third-order valence-electron chi connectivity index (χ3n) is 5.79. The van der Waals surface area contributed by atoms with Crippen molar-refractivity contribution >= 4 is 33.3 Å². The van der Waals surface area contributed by atoms with Crippen LogP contribution in [0.1, 0.15) is 45.1 Å². The van der Waals surface area contributed by atoms with E-state index in [0.717, 1.165) is 22.2 Å². The number of dihydropyridines is 1. The molecule has 1 unspecified atom stereocenters. The number of anilines is 1. The molecule has 2 aromatic rings. The molecule has 31 heavy (non-hydrogen) atoms. The fraction of sp³-hybridized carbons (Fsp3) is 0.280. The summed E-state index contributed by atoms with van der Waals surface area (Å²) in [5.74, 6) is -1.42. The Bertz CT molecular complexity index is 1150.